The van der Waals surface area contributed by atoms with Crippen molar-refractivity contribution in [2.45, 2.75) is 19.4 Å². The highest BCUT2D eigenvalue weighted by molar-refractivity contribution is 5.93. The van der Waals surface area contributed by atoms with E-state index in [9.17, 15) is 4.79 Å². The second-order valence-corrected chi connectivity index (χ2v) is 4.78. The molecule has 3 N–H and O–H groups in total. The van der Waals surface area contributed by atoms with Crippen molar-refractivity contribution in [3.63, 3.8) is 0 Å². The summed E-state index contributed by atoms with van der Waals surface area (Å²) in [6.07, 6.45) is 0.519. The Morgan fingerprint density at radius 3 is 2.76 bits per heavy atom. The van der Waals surface area contributed by atoms with E-state index in [0.29, 0.717) is 17.8 Å². The maximum atomic E-state index is 12.0. The monoisotopic (exact) mass is 289 g/mol. The van der Waals surface area contributed by atoms with Crippen LogP contribution in [0, 0.1) is 0 Å². The molecule has 0 radical (unpaired) electrons. The van der Waals surface area contributed by atoms with Gasteiger partial charge in [0.15, 0.2) is 0 Å². The van der Waals surface area contributed by atoms with E-state index in [1.54, 1.807) is 13.2 Å². The first kappa shape index (κ1) is 15.1. The van der Waals surface area contributed by atoms with Gasteiger partial charge in [0.05, 0.1) is 12.8 Å². The average Bonchev–Trinajstić information content (AvgIpc) is 2.97. The second-order valence-electron chi connectivity index (χ2n) is 4.78. The van der Waals surface area contributed by atoms with Crippen LogP contribution in [-0.4, -0.2) is 41.0 Å². The van der Waals surface area contributed by atoms with E-state index < -0.39 is 0 Å². The van der Waals surface area contributed by atoms with Gasteiger partial charge in [-0.05, 0) is 43.7 Å². The molecular formula is C15H19N3O3. The molecule has 2 rings (SSSR count). The maximum Gasteiger partial charge on any atom is 0.269 e. The minimum absolute atomic E-state index is 0.0432. The number of aromatic nitrogens is 2. The lowest BCUT2D eigenvalue weighted by Gasteiger charge is -2.10. The molecule has 0 spiro atoms. The number of aromatic amines is 1. The number of H-pyrrole nitrogens is 1. The van der Waals surface area contributed by atoms with Crippen LogP contribution in [-0.2, 0) is 0 Å². The van der Waals surface area contributed by atoms with Crippen molar-refractivity contribution >= 4 is 5.91 Å². The summed E-state index contributed by atoms with van der Waals surface area (Å²) in [7, 11) is 1.61. The van der Waals surface area contributed by atoms with Gasteiger partial charge in [0.1, 0.15) is 11.4 Å². The van der Waals surface area contributed by atoms with Crippen molar-refractivity contribution in [1.29, 1.82) is 0 Å². The van der Waals surface area contributed by atoms with Gasteiger partial charge in [0, 0.05) is 18.2 Å². The van der Waals surface area contributed by atoms with Gasteiger partial charge in [-0.3, -0.25) is 9.89 Å². The Labute approximate surface area is 123 Å². The molecule has 0 bridgehead atoms. The van der Waals surface area contributed by atoms with Crippen molar-refractivity contribution in [3.05, 3.63) is 36.0 Å². The zero-order valence-electron chi connectivity index (χ0n) is 12.1. The van der Waals surface area contributed by atoms with Gasteiger partial charge < -0.3 is 15.2 Å². The van der Waals surface area contributed by atoms with Crippen LogP contribution in [0.4, 0.5) is 0 Å². The van der Waals surface area contributed by atoms with Crippen LogP contribution in [0.3, 0.4) is 0 Å². The number of amides is 1. The van der Waals surface area contributed by atoms with Crippen LogP contribution in [0.2, 0.25) is 0 Å². The number of carbonyl (C=O) groups excluding carboxylic acids is 1. The summed E-state index contributed by atoms with van der Waals surface area (Å²) >= 11 is 0. The molecule has 0 aliphatic rings. The molecule has 0 aliphatic heterocycles. The summed E-state index contributed by atoms with van der Waals surface area (Å²) in [5, 5.41) is 18.5. The molecule has 6 nitrogen and oxygen atoms in total. The molecule has 0 fully saturated rings. The zero-order chi connectivity index (χ0) is 15.2. The van der Waals surface area contributed by atoms with Crippen LogP contribution in [0.5, 0.6) is 5.75 Å². The Balaban J connectivity index is 2.08. The topological polar surface area (TPSA) is 87.2 Å². The molecule has 0 saturated carbocycles. The first-order chi connectivity index (χ1) is 10.1. The van der Waals surface area contributed by atoms with Crippen molar-refractivity contribution in [3.8, 4) is 17.0 Å². The smallest absolute Gasteiger partial charge is 0.269 e. The number of hydrogen-bond donors (Lipinski definition) is 3. The number of nitrogens with one attached hydrogen (secondary N) is 2. The van der Waals surface area contributed by atoms with Crippen molar-refractivity contribution in [2.24, 2.45) is 0 Å². The lowest BCUT2D eigenvalue weighted by atomic mass is 10.1. The van der Waals surface area contributed by atoms with Gasteiger partial charge in [-0.15, -0.1) is 0 Å². The zero-order valence-corrected chi connectivity index (χ0v) is 12.1. The molecule has 0 saturated heterocycles. The van der Waals surface area contributed by atoms with Gasteiger partial charge in [-0.1, -0.05) is 0 Å². The van der Waals surface area contributed by atoms with E-state index in [2.05, 4.69) is 15.5 Å². The van der Waals surface area contributed by atoms with E-state index in [0.717, 1.165) is 11.3 Å². The van der Waals surface area contributed by atoms with E-state index in [4.69, 9.17) is 9.84 Å². The number of rotatable bonds is 6. The van der Waals surface area contributed by atoms with Crippen molar-refractivity contribution in [1.82, 2.24) is 15.5 Å². The minimum atomic E-state index is -0.233. The predicted octanol–water partition coefficient (Wildman–Crippen LogP) is 1.59. The number of aliphatic hydroxyl groups is 1. The van der Waals surface area contributed by atoms with E-state index in [1.807, 2.05) is 31.2 Å². The first-order valence-corrected chi connectivity index (χ1v) is 6.75. The SMILES string of the molecule is COc1ccc(-c2cc(C(=O)NC(C)CCO)[nH]n2)cc1. The average molecular weight is 289 g/mol. The summed E-state index contributed by atoms with van der Waals surface area (Å²) in [6, 6.07) is 9.05. The molecular weight excluding hydrogens is 270 g/mol. The molecule has 1 heterocycles. The molecule has 1 aromatic heterocycles. The van der Waals surface area contributed by atoms with Gasteiger partial charge in [-0.25, -0.2) is 0 Å². The Kier molecular flexibility index (Phi) is 4.94. The number of methoxy groups -OCH3 is 1. The number of hydrogen-bond acceptors (Lipinski definition) is 4. The van der Waals surface area contributed by atoms with Crippen LogP contribution in [0.1, 0.15) is 23.8 Å². The van der Waals surface area contributed by atoms with Gasteiger partial charge in [0.2, 0.25) is 0 Å². The molecule has 1 amide bonds. The molecule has 6 heteroatoms. The Hall–Kier alpha value is -2.34. The third-order valence-electron chi connectivity index (χ3n) is 3.15. The number of aliphatic hydroxyl groups excluding tert-OH is 1. The fraction of sp³-hybridized carbons (Fsp3) is 0.333. The quantitative estimate of drug-likeness (QED) is 0.753. The number of ether oxygens (including phenoxy) is 1. The predicted molar refractivity (Wildman–Crippen MR) is 79.2 cm³/mol. The number of nitrogens with zero attached hydrogens (tertiary/aromatic N) is 1. The van der Waals surface area contributed by atoms with Crippen molar-refractivity contribution < 1.29 is 14.6 Å². The molecule has 112 valence electrons. The fourth-order valence-electron chi connectivity index (χ4n) is 1.92. The largest absolute Gasteiger partial charge is 0.497 e. The summed E-state index contributed by atoms with van der Waals surface area (Å²) in [6.45, 7) is 1.89. The first-order valence-electron chi connectivity index (χ1n) is 6.75. The second kappa shape index (κ2) is 6.90. The highest BCUT2D eigenvalue weighted by atomic mass is 16.5. The minimum Gasteiger partial charge on any atom is -0.497 e. The Morgan fingerprint density at radius 2 is 2.14 bits per heavy atom. The van der Waals surface area contributed by atoms with E-state index >= 15 is 0 Å². The molecule has 0 aliphatic carbocycles. The maximum absolute atomic E-state index is 12.0. The summed E-state index contributed by atoms with van der Waals surface area (Å²) in [4.78, 5) is 12.0. The summed E-state index contributed by atoms with van der Waals surface area (Å²) in [5.74, 6) is 0.535. The van der Waals surface area contributed by atoms with Crippen LogP contribution >= 0.6 is 0 Å². The lowest BCUT2D eigenvalue weighted by molar-refractivity contribution is 0.0929. The highest BCUT2D eigenvalue weighted by Gasteiger charge is 2.13. The number of carbonyl (C=O) groups is 1. The standard InChI is InChI=1S/C15H19N3O3/c1-10(7-8-19)16-15(20)14-9-13(17-18-14)11-3-5-12(21-2)6-4-11/h3-6,9-10,19H,7-8H2,1-2H3,(H,16,20)(H,17,18). The van der Waals surface area contributed by atoms with E-state index in [-0.39, 0.29) is 18.6 Å². The Bertz CT molecular complexity index is 592. The van der Waals surface area contributed by atoms with Crippen LogP contribution < -0.4 is 10.1 Å². The van der Waals surface area contributed by atoms with Gasteiger partial charge in [-0.2, -0.15) is 5.10 Å². The molecule has 1 unspecified atom stereocenters. The molecule has 1 atom stereocenters. The van der Waals surface area contributed by atoms with Crippen LogP contribution in [0.25, 0.3) is 11.3 Å². The van der Waals surface area contributed by atoms with Gasteiger partial charge >= 0.3 is 0 Å². The summed E-state index contributed by atoms with van der Waals surface area (Å²) < 4.78 is 5.10. The molecule has 1 aromatic carbocycles. The highest BCUT2D eigenvalue weighted by Crippen LogP contribution is 2.21. The van der Waals surface area contributed by atoms with Gasteiger partial charge in [0.25, 0.3) is 5.91 Å². The molecule has 2 aromatic rings. The van der Waals surface area contributed by atoms with Crippen molar-refractivity contribution in [2.75, 3.05) is 13.7 Å². The fourth-order valence-corrected chi connectivity index (χ4v) is 1.92. The lowest BCUT2D eigenvalue weighted by Crippen LogP contribution is -2.33. The number of benzene rings is 1. The molecule has 21 heavy (non-hydrogen) atoms. The van der Waals surface area contributed by atoms with E-state index in [1.165, 1.54) is 0 Å². The third-order valence-corrected chi connectivity index (χ3v) is 3.15. The van der Waals surface area contributed by atoms with Crippen LogP contribution in [0.15, 0.2) is 30.3 Å². The summed E-state index contributed by atoms with van der Waals surface area (Å²) in [5.41, 5.74) is 1.98. The Morgan fingerprint density at radius 1 is 1.43 bits per heavy atom. The normalized spacial score (nSPS) is 12.0. The third kappa shape index (κ3) is 3.82.